The Balaban J connectivity index is 0.000000199. The van der Waals surface area contributed by atoms with E-state index in [0.29, 0.717) is 6.10 Å². The highest BCUT2D eigenvalue weighted by Gasteiger charge is 2.28. The van der Waals surface area contributed by atoms with Gasteiger partial charge >= 0.3 is 0 Å². The standard InChI is InChI=1S/C9H16O2.C6H12O/c1-4-5-8-10-7-6-9(2,3)11-8;1-6-4-2-3-5-7-6/h4,8H,1,5-7H2,2-3H3;6H,2-5H2,1H3. The summed E-state index contributed by atoms with van der Waals surface area (Å²) in [6.07, 6.45) is 7.94. The minimum absolute atomic E-state index is 0.0219. The van der Waals surface area contributed by atoms with Gasteiger partial charge in [-0.1, -0.05) is 6.08 Å². The van der Waals surface area contributed by atoms with E-state index in [1.54, 1.807) is 0 Å². The van der Waals surface area contributed by atoms with Crippen LogP contribution in [0.3, 0.4) is 0 Å². The van der Waals surface area contributed by atoms with Gasteiger partial charge in [0.25, 0.3) is 0 Å². The molecule has 3 heteroatoms. The number of ether oxygens (including phenoxy) is 3. The van der Waals surface area contributed by atoms with Crippen molar-refractivity contribution in [1.29, 1.82) is 0 Å². The maximum absolute atomic E-state index is 5.62. The second kappa shape index (κ2) is 7.93. The van der Waals surface area contributed by atoms with E-state index in [1.165, 1.54) is 19.3 Å². The summed E-state index contributed by atoms with van der Waals surface area (Å²) in [7, 11) is 0. The molecule has 2 saturated heterocycles. The first-order chi connectivity index (χ1) is 8.53. The molecule has 0 N–H and O–H groups in total. The molecule has 2 unspecified atom stereocenters. The third-order valence-electron chi connectivity index (χ3n) is 3.22. The third kappa shape index (κ3) is 6.53. The third-order valence-corrected chi connectivity index (χ3v) is 3.22. The zero-order valence-electron chi connectivity index (χ0n) is 12.1. The molecule has 0 radical (unpaired) electrons. The minimum Gasteiger partial charge on any atom is -0.379 e. The molecule has 0 saturated carbocycles. The van der Waals surface area contributed by atoms with Gasteiger partial charge in [0, 0.05) is 13.0 Å². The molecule has 3 nitrogen and oxygen atoms in total. The van der Waals surface area contributed by atoms with Crippen LogP contribution in [0.2, 0.25) is 0 Å². The molecule has 0 aromatic heterocycles. The maximum atomic E-state index is 5.62. The second-order valence-corrected chi connectivity index (χ2v) is 5.63. The molecule has 0 aromatic rings. The smallest absolute Gasteiger partial charge is 0.161 e. The van der Waals surface area contributed by atoms with Crippen LogP contribution >= 0.6 is 0 Å². The molecule has 0 spiro atoms. The molecule has 2 aliphatic rings. The van der Waals surface area contributed by atoms with Crippen molar-refractivity contribution in [2.24, 2.45) is 0 Å². The van der Waals surface area contributed by atoms with Crippen LogP contribution in [0.5, 0.6) is 0 Å². The van der Waals surface area contributed by atoms with Crippen LogP contribution in [-0.4, -0.2) is 31.2 Å². The van der Waals surface area contributed by atoms with Gasteiger partial charge in [0.05, 0.1) is 18.3 Å². The van der Waals surface area contributed by atoms with E-state index < -0.39 is 0 Å². The van der Waals surface area contributed by atoms with Crippen LogP contribution in [0.15, 0.2) is 12.7 Å². The summed E-state index contributed by atoms with van der Waals surface area (Å²) in [5.41, 5.74) is -0.0219. The van der Waals surface area contributed by atoms with Crippen molar-refractivity contribution < 1.29 is 14.2 Å². The Morgan fingerprint density at radius 1 is 1.22 bits per heavy atom. The summed E-state index contributed by atoms with van der Waals surface area (Å²) in [4.78, 5) is 0. The summed E-state index contributed by atoms with van der Waals surface area (Å²) < 4.78 is 16.3. The second-order valence-electron chi connectivity index (χ2n) is 5.63. The quantitative estimate of drug-likeness (QED) is 0.705. The fourth-order valence-corrected chi connectivity index (χ4v) is 2.04. The summed E-state index contributed by atoms with van der Waals surface area (Å²) >= 11 is 0. The Kier molecular flexibility index (Phi) is 6.90. The Bertz CT molecular complexity index is 232. The lowest BCUT2D eigenvalue weighted by Crippen LogP contribution is -2.38. The summed E-state index contributed by atoms with van der Waals surface area (Å²) in [6, 6.07) is 0. The molecular formula is C15H28O3. The fraction of sp³-hybridized carbons (Fsp3) is 0.867. The summed E-state index contributed by atoms with van der Waals surface area (Å²) in [5, 5.41) is 0. The largest absolute Gasteiger partial charge is 0.379 e. The SMILES string of the molecule is C=CCC1OCCC(C)(C)O1.CC1CCCCO1. The van der Waals surface area contributed by atoms with Crippen molar-refractivity contribution in [3.63, 3.8) is 0 Å². The van der Waals surface area contributed by atoms with Crippen molar-refractivity contribution in [3.05, 3.63) is 12.7 Å². The molecule has 2 fully saturated rings. The van der Waals surface area contributed by atoms with Gasteiger partial charge in [0.1, 0.15) is 0 Å². The molecule has 0 aliphatic carbocycles. The molecule has 2 atom stereocenters. The molecule has 2 heterocycles. The van der Waals surface area contributed by atoms with Gasteiger partial charge < -0.3 is 14.2 Å². The van der Waals surface area contributed by atoms with Crippen molar-refractivity contribution in [2.75, 3.05) is 13.2 Å². The van der Waals surface area contributed by atoms with Crippen molar-refractivity contribution >= 4 is 0 Å². The van der Waals surface area contributed by atoms with E-state index in [9.17, 15) is 0 Å². The number of hydrogen-bond donors (Lipinski definition) is 0. The van der Waals surface area contributed by atoms with Gasteiger partial charge in [-0.05, 0) is 46.5 Å². The van der Waals surface area contributed by atoms with Crippen LogP contribution in [-0.2, 0) is 14.2 Å². The maximum Gasteiger partial charge on any atom is 0.161 e. The van der Waals surface area contributed by atoms with Gasteiger partial charge in [0.15, 0.2) is 6.29 Å². The van der Waals surface area contributed by atoms with Crippen LogP contribution in [0, 0.1) is 0 Å². The monoisotopic (exact) mass is 256 g/mol. The van der Waals surface area contributed by atoms with E-state index in [4.69, 9.17) is 14.2 Å². The van der Waals surface area contributed by atoms with Gasteiger partial charge in [-0.15, -0.1) is 6.58 Å². The zero-order valence-corrected chi connectivity index (χ0v) is 12.1. The lowest BCUT2D eigenvalue weighted by molar-refractivity contribution is -0.242. The Morgan fingerprint density at radius 2 is 2.00 bits per heavy atom. The highest BCUT2D eigenvalue weighted by molar-refractivity contribution is 4.77. The van der Waals surface area contributed by atoms with Gasteiger partial charge in [-0.25, -0.2) is 0 Å². The van der Waals surface area contributed by atoms with Gasteiger partial charge in [-0.3, -0.25) is 0 Å². The molecule has 0 bridgehead atoms. The Hall–Kier alpha value is -0.380. The van der Waals surface area contributed by atoms with Crippen LogP contribution < -0.4 is 0 Å². The topological polar surface area (TPSA) is 27.7 Å². The van der Waals surface area contributed by atoms with Crippen LogP contribution in [0.25, 0.3) is 0 Å². The summed E-state index contributed by atoms with van der Waals surface area (Å²) in [5.74, 6) is 0. The molecule has 2 rings (SSSR count). The average Bonchev–Trinajstić information content (AvgIpc) is 2.30. The number of rotatable bonds is 2. The average molecular weight is 256 g/mol. The van der Waals surface area contributed by atoms with E-state index in [2.05, 4.69) is 27.4 Å². The molecule has 0 amide bonds. The Labute approximate surface area is 111 Å². The van der Waals surface area contributed by atoms with Gasteiger partial charge in [0.2, 0.25) is 0 Å². The molecule has 0 aromatic carbocycles. The molecule has 106 valence electrons. The molecule has 2 aliphatic heterocycles. The lowest BCUT2D eigenvalue weighted by Gasteiger charge is -2.35. The van der Waals surface area contributed by atoms with Crippen LogP contribution in [0.4, 0.5) is 0 Å². The number of hydrogen-bond acceptors (Lipinski definition) is 3. The van der Waals surface area contributed by atoms with Crippen molar-refractivity contribution in [3.8, 4) is 0 Å². The normalized spacial score (nSPS) is 31.1. The predicted octanol–water partition coefficient (Wildman–Crippen LogP) is 3.68. The zero-order chi connectivity index (χ0) is 13.4. The minimum atomic E-state index is -0.0729. The first kappa shape index (κ1) is 15.7. The lowest BCUT2D eigenvalue weighted by atomic mass is 10.1. The van der Waals surface area contributed by atoms with Crippen molar-refractivity contribution in [2.45, 2.75) is 70.9 Å². The molecule has 18 heavy (non-hydrogen) atoms. The van der Waals surface area contributed by atoms with Gasteiger partial charge in [-0.2, -0.15) is 0 Å². The van der Waals surface area contributed by atoms with E-state index in [-0.39, 0.29) is 11.9 Å². The van der Waals surface area contributed by atoms with Crippen molar-refractivity contribution in [1.82, 2.24) is 0 Å². The first-order valence-electron chi connectivity index (χ1n) is 7.05. The Morgan fingerprint density at radius 3 is 2.44 bits per heavy atom. The highest BCUT2D eigenvalue weighted by atomic mass is 16.7. The van der Waals surface area contributed by atoms with E-state index in [1.807, 2.05) is 6.08 Å². The van der Waals surface area contributed by atoms with E-state index in [0.717, 1.165) is 26.1 Å². The molecular weight excluding hydrogens is 228 g/mol. The fourth-order valence-electron chi connectivity index (χ4n) is 2.04. The first-order valence-corrected chi connectivity index (χ1v) is 7.05. The van der Waals surface area contributed by atoms with Crippen LogP contribution in [0.1, 0.15) is 52.9 Å². The van der Waals surface area contributed by atoms with E-state index >= 15 is 0 Å². The predicted molar refractivity (Wildman–Crippen MR) is 73.6 cm³/mol. The summed E-state index contributed by atoms with van der Waals surface area (Å²) in [6.45, 7) is 11.7. The highest BCUT2D eigenvalue weighted by Crippen LogP contribution is 2.24.